The van der Waals surface area contributed by atoms with Crippen LogP contribution in [0.1, 0.15) is 25.5 Å². The van der Waals surface area contributed by atoms with Gasteiger partial charge in [0.15, 0.2) is 5.78 Å². The zero-order valence-corrected chi connectivity index (χ0v) is 7.99. The predicted octanol–water partition coefficient (Wildman–Crippen LogP) is 1.36. The third kappa shape index (κ3) is 3.80. The molecule has 0 saturated carbocycles. The Morgan fingerprint density at radius 3 is 2.86 bits per heavy atom. The number of Topliss-reactive ketones (excluding diaryl/α,β-unsaturated/α-hetero) is 1. The molecule has 0 bridgehead atoms. The molecule has 1 N–H and O–H groups in total. The lowest BCUT2D eigenvalue weighted by Gasteiger charge is -1.90. The third-order valence-corrected chi connectivity index (χ3v) is 1.69. The molecule has 0 aliphatic carbocycles. The molecular weight excluding hydrogens is 180 g/mol. The average molecular weight is 192 g/mol. The van der Waals surface area contributed by atoms with E-state index in [1.807, 2.05) is 0 Å². The van der Waals surface area contributed by atoms with Crippen LogP contribution in [0.25, 0.3) is 6.08 Å². The molecule has 1 aromatic heterocycles. The second-order valence-electron chi connectivity index (χ2n) is 3.01. The molecule has 4 nitrogen and oxygen atoms in total. The minimum absolute atomic E-state index is 0.0355. The van der Waals surface area contributed by atoms with E-state index >= 15 is 0 Å². The fraction of sp³-hybridized carbons (Fsp3) is 0.300. The van der Waals surface area contributed by atoms with Gasteiger partial charge in [-0.1, -0.05) is 0 Å². The molecule has 1 rings (SSSR count). The number of hydrogen-bond acceptors (Lipinski definition) is 3. The molecule has 0 unspecified atom stereocenters. The number of allylic oxidation sites excluding steroid dienone is 1. The lowest BCUT2D eigenvalue weighted by atomic mass is 10.1. The minimum atomic E-state index is -0.0465. The van der Waals surface area contributed by atoms with Crippen LogP contribution in [0, 0.1) is 0 Å². The molecule has 74 valence electrons. The summed E-state index contributed by atoms with van der Waals surface area (Å²) in [5.74, 6) is -0.0110. The van der Waals surface area contributed by atoms with Crippen LogP contribution in [-0.2, 0) is 9.59 Å². The van der Waals surface area contributed by atoms with Gasteiger partial charge in [-0.3, -0.25) is 4.79 Å². The van der Waals surface area contributed by atoms with Gasteiger partial charge in [0.2, 0.25) is 0 Å². The predicted molar refractivity (Wildman–Crippen MR) is 52.5 cm³/mol. The summed E-state index contributed by atoms with van der Waals surface area (Å²) in [6, 6.07) is 0. The van der Waals surface area contributed by atoms with Gasteiger partial charge in [-0.15, -0.1) is 0 Å². The number of nitrogens with one attached hydrogen (secondary N) is 1. The van der Waals surface area contributed by atoms with Crippen molar-refractivity contribution in [1.29, 1.82) is 0 Å². The third-order valence-electron chi connectivity index (χ3n) is 1.69. The Balaban J connectivity index is 2.37. The highest BCUT2D eigenvalue weighted by atomic mass is 16.1. The Labute approximate surface area is 82.0 Å². The van der Waals surface area contributed by atoms with Crippen molar-refractivity contribution >= 4 is 17.6 Å². The first-order valence-electron chi connectivity index (χ1n) is 4.37. The van der Waals surface area contributed by atoms with Gasteiger partial charge in [-0.25, -0.2) is 4.98 Å². The summed E-state index contributed by atoms with van der Waals surface area (Å²) >= 11 is 0. The van der Waals surface area contributed by atoms with Gasteiger partial charge in [0, 0.05) is 12.8 Å². The molecule has 4 heteroatoms. The highest BCUT2D eigenvalue weighted by molar-refractivity contribution is 5.95. The zero-order chi connectivity index (χ0) is 10.4. The highest BCUT2D eigenvalue weighted by Gasteiger charge is 1.99. The number of aromatic amines is 1. The van der Waals surface area contributed by atoms with Gasteiger partial charge < -0.3 is 9.78 Å². The fourth-order valence-corrected chi connectivity index (χ4v) is 0.923. The normalized spacial score (nSPS) is 10.6. The Kier molecular flexibility index (Phi) is 3.79. The van der Waals surface area contributed by atoms with Gasteiger partial charge in [-0.05, 0) is 19.1 Å². The molecule has 0 aliphatic rings. The summed E-state index contributed by atoms with van der Waals surface area (Å²) in [4.78, 5) is 28.4. The van der Waals surface area contributed by atoms with E-state index in [-0.39, 0.29) is 18.0 Å². The quantitative estimate of drug-likeness (QED) is 0.716. The SMILES string of the molecule is CC(=O)CCC(=O)/C=C/c1cnc[nH]1. The fourth-order valence-electron chi connectivity index (χ4n) is 0.923. The molecule has 0 saturated heterocycles. The van der Waals surface area contributed by atoms with Gasteiger partial charge >= 0.3 is 0 Å². The first-order valence-corrected chi connectivity index (χ1v) is 4.37. The summed E-state index contributed by atoms with van der Waals surface area (Å²) < 4.78 is 0. The summed E-state index contributed by atoms with van der Waals surface area (Å²) in [7, 11) is 0. The standard InChI is InChI=1S/C10H12N2O2/c1-8(13)2-4-10(14)5-3-9-6-11-7-12-9/h3,5-7H,2,4H2,1H3,(H,11,12)/b5-3+. The van der Waals surface area contributed by atoms with Crippen LogP contribution in [0.4, 0.5) is 0 Å². The molecule has 0 aliphatic heterocycles. The van der Waals surface area contributed by atoms with Gasteiger partial charge in [0.25, 0.3) is 0 Å². The Bertz CT molecular complexity index is 339. The second-order valence-corrected chi connectivity index (χ2v) is 3.01. The van der Waals surface area contributed by atoms with Crippen molar-refractivity contribution in [2.24, 2.45) is 0 Å². The van der Waals surface area contributed by atoms with E-state index in [4.69, 9.17) is 0 Å². The van der Waals surface area contributed by atoms with Crippen LogP contribution in [0.2, 0.25) is 0 Å². The Morgan fingerprint density at radius 1 is 1.50 bits per heavy atom. The zero-order valence-electron chi connectivity index (χ0n) is 7.99. The number of aromatic nitrogens is 2. The highest BCUT2D eigenvalue weighted by Crippen LogP contribution is 1.98. The molecular formula is C10H12N2O2. The van der Waals surface area contributed by atoms with Crippen LogP contribution in [0.3, 0.4) is 0 Å². The number of H-pyrrole nitrogens is 1. The van der Waals surface area contributed by atoms with E-state index in [1.54, 1.807) is 18.6 Å². The van der Waals surface area contributed by atoms with Gasteiger partial charge in [-0.2, -0.15) is 0 Å². The second kappa shape index (κ2) is 5.11. The topological polar surface area (TPSA) is 62.8 Å². The molecule has 0 aromatic carbocycles. The molecule has 14 heavy (non-hydrogen) atoms. The van der Waals surface area contributed by atoms with Crippen molar-refractivity contribution in [2.45, 2.75) is 19.8 Å². The molecule has 0 radical (unpaired) electrons. The van der Waals surface area contributed by atoms with Crippen molar-refractivity contribution in [3.05, 3.63) is 24.3 Å². The smallest absolute Gasteiger partial charge is 0.156 e. The van der Waals surface area contributed by atoms with Crippen LogP contribution in [-0.4, -0.2) is 21.5 Å². The number of imidazole rings is 1. The monoisotopic (exact) mass is 192 g/mol. The summed E-state index contributed by atoms with van der Waals surface area (Å²) in [5, 5.41) is 0. The first kappa shape index (κ1) is 10.4. The first-order chi connectivity index (χ1) is 6.68. The van der Waals surface area contributed by atoms with Crippen molar-refractivity contribution in [1.82, 2.24) is 9.97 Å². The Hall–Kier alpha value is -1.71. The van der Waals surface area contributed by atoms with E-state index < -0.39 is 0 Å². The van der Waals surface area contributed by atoms with Crippen molar-refractivity contribution in [3.63, 3.8) is 0 Å². The number of hydrogen-bond donors (Lipinski definition) is 1. The van der Waals surface area contributed by atoms with Crippen LogP contribution in [0.5, 0.6) is 0 Å². The van der Waals surface area contributed by atoms with E-state index in [0.29, 0.717) is 6.42 Å². The van der Waals surface area contributed by atoms with Gasteiger partial charge in [0.1, 0.15) is 5.78 Å². The molecule has 0 fully saturated rings. The van der Waals surface area contributed by atoms with Crippen LogP contribution < -0.4 is 0 Å². The Morgan fingerprint density at radius 2 is 2.29 bits per heavy atom. The summed E-state index contributed by atoms with van der Waals surface area (Å²) in [5.41, 5.74) is 0.779. The maximum absolute atomic E-state index is 11.2. The van der Waals surface area contributed by atoms with E-state index in [1.165, 1.54) is 13.0 Å². The lowest BCUT2D eigenvalue weighted by molar-refractivity contribution is -0.120. The number of ketones is 2. The van der Waals surface area contributed by atoms with Crippen molar-refractivity contribution in [2.75, 3.05) is 0 Å². The summed E-state index contributed by atoms with van der Waals surface area (Å²) in [6.45, 7) is 1.48. The molecule has 1 aromatic rings. The van der Waals surface area contributed by atoms with Crippen molar-refractivity contribution in [3.8, 4) is 0 Å². The number of rotatable bonds is 5. The lowest BCUT2D eigenvalue weighted by Crippen LogP contribution is -1.97. The molecule has 1 heterocycles. The van der Waals surface area contributed by atoms with E-state index in [9.17, 15) is 9.59 Å². The number of nitrogens with zero attached hydrogens (tertiary/aromatic N) is 1. The van der Waals surface area contributed by atoms with Crippen molar-refractivity contribution < 1.29 is 9.59 Å². The van der Waals surface area contributed by atoms with Crippen LogP contribution in [0.15, 0.2) is 18.6 Å². The van der Waals surface area contributed by atoms with E-state index in [2.05, 4.69) is 9.97 Å². The average Bonchev–Trinajstić information content (AvgIpc) is 2.63. The minimum Gasteiger partial charge on any atom is -0.345 e. The molecule has 0 atom stereocenters. The van der Waals surface area contributed by atoms with Crippen LogP contribution >= 0.6 is 0 Å². The number of carbonyl (C=O) groups is 2. The maximum atomic E-state index is 11.2. The number of carbonyl (C=O) groups excluding carboxylic acids is 2. The van der Waals surface area contributed by atoms with Gasteiger partial charge in [0.05, 0.1) is 18.2 Å². The largest absolute Gasteiger partial charge is 0.345 e. The molecule has 0 spiro atoms. The summed E-state index contributed by atoms with van der Waals surface area (Å²) in [6.07, 6.45) is 6.85. The molecule has 0 amide bonds. The maximum Gasteiger partial charge on any atom is 0.156 e. The van der Waals surface area contributed by atoms with E-state index in [0.717, 1.165) is 5.69 Å².